The Morgan fingerprint density at radius 3 is 1.81 bits per heavy atom. The van der Waals surface area contributed by atoms with Crippen molar-refractivity contribution in [1.29, 1.82) is 0 Å². The quantitative estimate of drug-likeness (QED) is 0.128. The Bertz CT molecular complexity index is 601. The third-order valence-electron chi connectivity index (χ3n) is 5.32. The number of aliphatic hydroxyl groups is 1. The average Bonchev–Trinajstić information content (AvgIpc) is 2.68. The molecule has 0 spiro atoms. The smallest absolute Gasteiger partial charge is 0.193 e. The number of unbranched alkanes of at least 4 members (excludes halogenated alkanes) is 11. The Labute approximate surface area is 196 Å². The van der Waals surface area contributed by atoms with Gasteiger partial charge in [0.2, 0.25) is 0 Å². The standard InChI is InChI=1S/C27H47NO4/c1-5-6-7-8-9-10-11-12-13-14-15-16-17-18-19-20-21-22-25(29)27(32,23-26(30)31)24-28(2,3)4/h17-22,32H,5-16,23-24H2,1-4H3. The fourth-order valence-electron chi connectivity index (χ4n) is 3.77. The largest absolute Gasteiger partial charge is 0.550 e. The second-order valence-electron chi connectivity index (χ2n) is 9.89. The van der Waals surface area contributed by atoms with E-state index in [-0.39, 0.29) is 11.0 Å². The highest BCUT2D eigenvalue weighted by Crippen LogP contribution is 2.16. The van der Waals surface area contributed by atoms with Gasteiger partial charge in [0.25, 0.3) is 0 Å². The second-order valence-corrected chi connectivity index (χ2v) is 9.89. The van der Waals surface area contributed by atoms with Crippen LogP contribution in [0.4, 0.5) is 0 Å². The minimum Gasteiger partial charge on any atom is -0.550 e. The number of hydrogen-bond acceptors (Lipinski definition) is 4. The van der Waals surface area contributed by atoms with Crippen molar-refractivity contribution in [2.24, 2.45) is 0 Å². The van der Waals surface area contributed by atoms with Crippen LogP contribution in [0, 0.1) is 0 Å². The number of rotatable bonds is 20. The van der Waals surface area contributed by atoms with Gasteiger partial charge in [0.1, 0.15) is 6.54 Å². The van der Waals surface area contributed by atoms with Crippen molar-refractivity contribution in [2.45, 2.75) is 96.0 Å². The van der Waals surface area contributed by atoms with Crippen molar-refractivity contribution in [3.63, 3.8) is 0 Å². The maximum absolute atomic E-state index is 12.3. The molecule has 0 aliphatic rings. The third-order valence-corrected chi connectivity index (χ3v) is 5.32. The first-order chi connectivity index (χ1) is 15.1. The molecule has 1 unspecified atom stereocenters. The lowest BCUT2D eigenvalue weighted by Crippen LogP contribution is -2.55. The zero-order valence-electron chi connectivity index (χ0n) is 21.0. The van der Waals surface area contributed by atoms with Crippen molar-refractivity contribution in [3.05, 3.63) is 36.5 Å². The SMILES string of the molecule is CCCCCCCCCCCCCC=CC=CC=CC(=O)C(O)(CC(=O)[O-])C[N+](C)(C)C. The van der Waals surface area contributed by atoms with Gasteiger partial charge in [-0.05, 0) is 18.9 Å². The van der Waals surface area contributed by atoms with Gasteiger partial charge < -0.3 is 19.5 Å². The van der Waals surface area contributed by atoms with Crippen LogP contribution in [0.15, 0.2) is 36.5 Å². The molecule has 0 aliphatic carbocycles. The molecule has 32 heavy (non-hydrogen) atoms. The fourth-order valence-corrected chi connectivity index (χ4v) is 3.77. The number of carbonyl (C=O) groups excluding carboxylic acids is 2. The third kappa shape index (κ3) is 17.9. The Kier molecular flexibility index (Phi) is 16.8. The highest BCUT2D eigenvalue weighted by atomic mass is 16.4. The number of allylic oxidation sites excluding steroid dienone is 5. The molecule has 5 heteroatoms. The number of carboxylic acids is 1. The molecule has 1 N–H and O–H groups in total. The molecular weight excluding hydrogens is 402 g/mol. The zero-order chi connectivity index (χ0) is 24.3. The average molecular weight is 450 g/mol. The highest BCUT2D eigenvalue weighted by Gasteiger charge is 2.39. The van der Waals surface area contributed by atoms with Gasteiger partial charge in [-0.3, -0.25) is 4.79 Å². The maximum atomic E-state index is 12.3. The molecule has 0 aliphatic heterocycles. The molecule has 0 saturated carbocycles. The van der Waals surface area contributed by atoms with Gasteiger partial charge in [-0.15, -0.1) is 0 Å². The van der Waals surface area contributed by atoms with Crippen LogP contribution in [-0.4, -0.2) is 54.6 Å². The number of likely N-dealkylation sites (N-methyl/N-ethyl adjacent to an activating group) is 1. The molecule has 0 radical (unpaired) electrons. The molecule has 0 heterocycles. The van der Waals surface area contributed by atoms with E-state index in [1.807, 2.05) is 12.2 Å². The summed E-state index contributed by atoms with van der Waals surface area (Å²) in [6, 6.07) is 0. The first kappa shape index (κ1) is 30.3. The van der Waals surface area contributed by atoms with Gasteiger partial charge in [0.05, 0.1) is 21.1 Å². The first-order valence-electron chi connectivity index (χ1n) is 12.4. The summed E-state index contributed by atoms with van der Waals surface area (Å²) in [7, 11) is 5.37. The lowest BCUT2D eigenvalue weighted by molar-refractivity contribution is -0.875. The summed E-state index contributed by atoms with van der Waals surface area (Å²) < 4.78 is 0.265. The van der Waals surface area contributed by atoms with Crippen LogP contribution in [0.2, 0.25) is 0 Å². The van der Waals surface area contributed by atoms with Crippen LogP contribution < -0.4 is 5.11 Å². The number of quaternary nitrogens is 1. The van der Waals surface area contributed by atoms with E-state index < -0.39 is 23.8 Å². The molecule has 0 rings (SSSR count). The molecule has 0 aromatic heterocycles. The van der Waals surface area contributed by atoms with E-state index in [9.17, 15) is 19.8 Å². The van der Waals surface area contributed by atoms with Gasteiger partial charge in [0.15, 0.2) is 11.4 Å². The van der Waals surface area contributed by atoms with Crippen molar-refractivity contribution in [2.75, 3.05) is 27.7 Å². The summed E-state index contributed by atoms with van der Waals surface area (Å²) in [6.45, 7) is 2.25. The van der Waals surface area contributed by atoms with Crippen LogP contribution in [0.5, 0.6) is 0 Å². The zero-order valence-corrected chi connectivity index (χ0v) is 21.0. The molecule has 1 atom stereocenters. The molecule has 0 aromatic carbocycles. The van der Waals surface area contributed by atoms with E-state index in [1.165, 1.54) is 82.8 Å². The molecular formula is C27H47NO4. The molecule has 184 valence electrons. The van der Waals surface area contributed by atoms with Crippen LogP contribution in [-0.2, 0) is 9.59 Å². The summed E-state index contributed by atoms with van der Waals surface area (Å²) in [5.41, 5.74) is -1.97. The van der Waals surface area contributed by atoms with Crippen molar-refractivity contribution < 1.29 is 24.3 Å². The summed E-state index contributed by atoms with van der Waals surface area (Å²) in [5, 5.41) is 21.5. The summed E-state index contributed by atoms with van der Waals surface area (Å²) in [6.07, 6.45) is 25.4. The highest BCUT2D eigenvalue weighted by molar-refractivity contribution is 5.99. The number of aliphatic carboxylic acids is 1. The molecule has 0 saturated heterocycles. The number of carboxylic acid groups (broad SMARTS) is 1. The first-order valence-corrected chi connectivity index (χ1v) is 12.4. The van der Waals surface area contributed by atoms with E-state index in [4.69, 9.17) is 0 Å². The van der Waals surface area contributed by atoms with Crippen LogP contribution in [0.25, 0.3) is 0 Å². The molecule has 0 fully saturated rings. The number of hydrogen-bond donors (Lipinski definition) is 1. The monoisotopic (exact) mass is 449 g/mol. The summed E-state index contributed by atoms with van der Waals surface area (Å²) in [4.78, 5) is 23.3. The summed E-state index contributed by atoms with van der Waals surface area (Å²) >= 11 is 0. The van der Waals surface area contributed by atoms with Gasteiger partial charge >= 0.3 is 0 Å². The predicted molar refractivity (Wildman–Crippen MR) is 131 cm³/mol. The Hall–Kier alpha value is -1.72. The van der Waals surface area contributed by atoms with E-state index >= 15 is 0 Å². The topological polar surface area (TPSA) is 77.4 Å². The lowest BCUT2D eigenvalue weighted by Gasteiger charge is -2.34. The Morgan fingerprint density at radius 2 is 1.31 bits per heavy atom. The normalized spacial score (nSPS) is 14.5. The van der Waals surface area contributed by atoms with Crippen LogP contribution in [0.3, 0.4) is 0 Å². The number of ketones is 1. The van der Waals surface area contributed by atoms with E-state index in [2.05, 4.69) is 13.0 Å². The van der Waals surface area contributed by atoms with E-state index in [0.29, 0.717) is 0 Å². The fraction of sp³-hybridized carbons (Fsp3) is 0.704. The Morgan fingerprint density at radius 1 is 0.812 bits per heavy atom. The number of carbonyl (C=O) groups is 2. The summed E-state index contributed by atoms with van der Waals surface area (Å²) in [5.74, 6) is -2.06. The molecule has 0 amide bonds. The van der Waals surface area contributed by atoms with E-state index in [0.717, 1.165) is 6.42 Å². The minimum absolute atomic E-state index is 0.00721. The van der Waals surface area contributed by atoms with Gasteiger partial charge in [-0.25, -0.2) is 0 Å². The van der Waals surface area contributed by atoms with Gasteiger partial charge in [-0.2, -0.15) is 0 Å². The second kappa shape index (κ2) is 17.8. The maximum Gasteiger partial charge on any atom is 0.193 e. The number of nitrogens with zero attached hydrogens (tertiary/aromatic N) is 1. The van der Waals surface area contributed by atoms with Crippen molar-refractivity contribution >= 4 is 11.8 Å². The Balaban J connectivity index is 4.04. The van der Waals surface area contributed by atoms with Crippen LogP contribution >= 0.6 is 0 Å². The minimum atomic E-state index is -1.97. The molecule has 5 nitrogen and oxygen atoms in total. The van der Waals surface area contributed by atoms with Crippen LogP contribution in [0.1, 0.15) is 90.4 Å². The van der Waals surface area contributed by atoms with Crippen molar-refractivity contribution in [1.82, 2.24) is 0 Å². The molecule has 0 aromatic rings. The van der Waals surface area contributed by atoms with Crippen molar-refractivity contribution in [3.8, 4) is 0 Å². The van der Waals surface area contributed by atoms with Gasteiger partial charge in [0, 0.05) is 12.4 Å². The predicted octanol–water partition coefficient (Wildman–Crippen LogP) is 4.50. The molecule has 0 bridgehead atoms. The van der Waals surface area contributed by atoms with Gasteiger partial charge in [-0.1, -0.05) is 102 Å². The van der Waals surface area contributed by atoms with E-state index in [1.54, 1.807) is 27.2 Å². The lowest BCUT2D eigenvalue weighted by atomic mass is 9.92.